The molecule has 3 rings (SSSR count). The molecule has 0 amide bonds. The van der Waals surface area contributed by atoms with Crippen LogP contribution in [0.15, 0.2) is 53.6 Å². The molecule has 0 unspecified atom stereocenters. The maximum Gasteiger partial charge on any atom is 0.263 e. The van der Waals surface area contributed by atoms with Crippen LogP contribution in [-0.2, 0) is 10.0 Å². The third-order valence-corrected chi connectivity index (χ3v) is 5.20. The summed E-state index contributed by atoms with van der Waals surface area (Å²) in [5, 5.41) is 8.96. The fraction of sp³-hybridized carbons (Fsp3) is 0. The third-order valence-electron chi connectivity index (χ3n) is 3.53. The molecule has 26 heavy (non-hydrogen) atoms. The molecule has 5 nitrogen and oxygen atoms in total. The Morgan fingerprint density at radius 1 is 1.12 bits per heavy atom. The number of nitriles is 1. The van der Waals surface area contributed by atoms with E-state index in [-0.39, 0.29) is 32.4 Å². The molecule has 0 aliphatic carbocycles. The van der Waals surface area contributed by atoms with Gasteiger partial charge in [-0.3, -0.25) is 4.72 Å². The van der Waals surface area contributed by atoms with E-state index in [1.54, 1.807) is 6.07 Å². The van der Waals surface area contributed by atoms with Gasteiger partial charge in [0.2, 0.25) is 0 Å². The summed E-state index contributed by atoms with van der Waals surface area (Å²) in [6.45, 7) is 0. The van der Waals surface area contributed by atoms with Gasteiger partial charge < -0.3 is 4.98 Å². The molecule has 1 aromatic heterocycles. The van der Waals surface area contributed by atoms with Gasteiger partial charge in [-0.2, -0.15) is 5.26 Å². The van der Waals surface area contributed by atoms with Gasteiger partial charge >= 0.3 is 0 Å². The Morgan fingerprint density at radius 3 is 2.58 bits per heavy atom. The second-order valence-corrected chi connectivity index (χ2v) is 7.37. The lowest BCUT2D eigenvalue weighted by molar-refractivity contribution is 0.598. The summed E-state index contributed by atoms with van der Waals surface area (Å²) in [5.41, 5.74) is 0.346. The SMILES string of the molecule is N#Cc1ccc(NS(=O)(=O)c2c[nH]c(-c3cc(F)ccc3Cl)c2)c(F)c1. The molecule has 1 heterocycles. The normalized spacial score (nSPS) is 11.2. The van der Waals surface area contributed by atoms with Crippen LogP contribution in [0.1, 0.15) is 5.56 Å². The second-order valence-electron chi connectivity index (χ2n) is 5.29. The topological polar surface area (TPSA) is 85.8 Å². The van der Waals surface area contributed by atoms with Crippen molar-refractivity contribution in [3.63, 3.8) is 0 Å². The van der Waals surface area contributed by atoms with Crippen molar-refractivity contribution in [3.05, 3.63) is 70.9 Å². The van der Waals surface area contributed by atoms with E-state index in [1.807, 2.05) is 0 Å². The number of anilines is 1. The fourth-order valence-corrected chi connectivity index (χ4v) is 3.54. The summed E-state index contributed by atoms with van der Waals surface area (Å²) < 4.78 is 54.3. The lowest BCUT2D eigenvalue weighted by atomic mass is 10.1. The van der Waals surface area contributed by atoms with Crippen LogP contribution in [0.4, 0.5) is 14.5 Å². The highest BCUT2D eigenvalue weighted by molar-refractivity contribution is 7.92. The van der Waals surface area contributed by atoms with Gasteiger partial charge in [0.05, 0.1) is 22.3 Å². The molecule has 0 aliphatic heterocycles. The molecule has 9 heteroatoms. The van der Waals surface area contributed by atoms with Gasteiger partial charge in [-0.15, -0.1) is 0 Å². The van der Waals surface area contributed by atoms with Crippen LogP contribution in [0.25, 0.3) is 11.3 Å². The number of hydrogen-bond donors (Lipinski definition) is 2. The van der Waals surface area contributed by atoms with Crippen molar-refractivity contribution in [2.75, 3.05) is 4.72 Å². The zero-order valence-corrected chi connectivity index (χ0v) is 14.5. The van der Waals surface area contributed by atoms with Gasteiger partial charge in [0.1, 0.15) is 16.5 Å². The highest BCUT2D eigenvalue weighted by atomic mass is 35.5. The smallest absolute Gasteiger partial charge is 0.263 e. The summed E-state index contributed by atoms with van der Waals surface area (Å²) in [5.74, 6) is -1.40. The first-order valence-corrected chi connectivity index (χ1v) is 9.02. The number of H-pyrrole nitrogens is 1. The number of aromatic amines is 1. The van der Waals surface area contributed by atoms with Gasteiger partial charge in [-0.05, 0) is 42.5 Å². The Balaban J connectivity index is 1.93. The summed E-state index contributed by atoms with van der Waals surface area (Å²) in [6.07, 6.45) is 1.18. The maximum atomic E-state index is 13.9. The molecule has 0 aliphatic rings. The van der Waals surface area contributed by atoms with Crippen molar-refractivity contribution in [2.24, 2.45) is 0 Å². The van der Waals surface area contributed by atoms with Gasteiger partial charge in [-0.1, -0.05) is 11.6 Å². The highest BCUT2D eigenvalue weighted by Gasteiger charge is 2.19. The first-order valence-electron chi connectivity index (χ1n) is 7.16. The Kier molecular flexibility index (Phi) is 4.68. The minimum Gasteiger partial charge on any atom is -0.360 e. The molecule has 0 bridgehead atoms. The van der Waals surface area contributed by atoms with Crippen LogP contribution in [0.5, 0.6) is 0 Å². The summed E-state index contributed by atoms with van der Waals surface area (Å²) in [4.78, 5) is 2.52. The van der Waals surface area contributed by atoms with Gasteiger partial charge in [-0.25, -0.2) is 17.2 Å². The molecule has 2 N–H and O–H groups in total. The minimum absolute atomic E-state index is 0.0649. The van der Waals surface area contributed by atoms with Crippen LogP contribution in [0, 0.1) is 23.0 Å². The third kappa shape index (κ3) is 3.54. The predicted molar refractivity (Wildman–Crippen MR) is 93.1 cm³/mol. The molecule has 0 saturated carbocycles. The molecule has 0 radical (unpaired) electrons. The first kappa shape index (κ1) is 17.9. The lowest BCUT2D eigenvalue weighted by Gasteiger charge is -2.07. The average molecular weight is 394 g/mol. The fourth-order valence-electron chi connectivity index (χ4n) is 2.26. The molecule has 2 aromatic carbocycles. The number of hydrogen-bond acceptors (Lipinski definition) is 3. The number of nitrogens with one attached hydrogen (secondary N) is 2. The number of aromatic nitrogens is 1. The summed E-state index contributed by atoms with van der Waals surface area (Å²) in [6, 6.07) is 10.1. The molecule has 0 atom stereocenters. The second kappa shape index (κ2) is 6.78. The van der Waals surface area contributed by atoms with Gasteiger partial charge in [0.25, 0.3) is 10.0 Å². The van der Waals surface area contributed by atoms with E-state index in [0.717, 1.165) is 18.2 Å². The maximum absolute atomic E-state index is 13.9. The lowest BCUT2D eigenvalue weighted by Crippen LogP contribution is -2.13. The van der Waals surface area contributed by atoms with E-state index in [4.69, 9.17) is 16.9 Å². The van der Waals surface area contributed by atoms with Crippen LogP contribution < -0.4 is 4.72 Å². The zero-order valence-electron chi connectivity index (χ0n) is 12.9. The molecule has 0 fully saturated rings. The van der Waals surface area contributed by atoms with E-state index >= 15 is 0 Å². The Morgan fingerprint density at radius 2 is 1.88 bits per heavy atom. The summed E-state index contributed by atoms with van der Waals surface area (Å²) in [7, 11) is -4.11. The molecular weight excluding hydrogens is 384 g/mol. The number of halogens is 3. The number of sulfonamides is 1. The summed E-state index contributed by atoms with van der Waals surface area (Å²) >= 11 is 6.01. The van der Waals surface area contributed by atoms with E-state index in [2.05, 4.69) is 9.71 Å². The number of rotatable bonds is 4. The highest BCUT2D eigenvalue weighted by Crippen LogP contribution is 2.30. The molecule has 3 aromatic rings. The quantitative estimate of drug-likeness (QED) is 0.693. The Hall–Kier alpha value is -2.89. The van der Waals surface area contributed by atoms with Crippen molar-refractivity contribution >= 4 is 27.3 Å². The molecule has 0 saturated heterocycles. The standard InChI is InChI=1S/C17H10ClF2N3O2S/c18-14-3-2-11(19)6-13(14)17-7-12(9-22-17)26(24,25)23-16-4-1-10(8-21)5-15(16)20/h1-7,9,22-23H. The van der Waals surface area contributed by atoms with Crippen LogP contribution in [0.2, 0.25) is 5.02 Å². The van der Waals surface area contributed by atoms with Crippen molar-refractivity contribution in [2.45, 2.75) is 4.90 Å². The van der Waals surface area contributed by atoms with Crippen molar-refractivity contribution < 1.29 is 17.2 Å². The van der Waals surface area contributed by atoms with Crippen LogP contribution in [-0.4, -0.2) is 13.4 Å². The van der Waals surface area contributed by atoms with Crippen molar-refractivity contribution in [1.82, 2.24) is 4.98 Å². The van der Waals surface area contributed by atoms with Crippen LogP contribution in [0.3, 0.4) is 0 Å². The first-order chi connectivity index (χ1) is 12.3. The van der Waals surface area contributed by atoms with Gasteiger partial charge in [0, 0.05) is 17.5 Å². The van der Waals surface area contributed by atoms with E-state index in [0.29, 0.717) is 0 Å². The van der Waals surface area contributed by atoms with E-state index in [9.17, 15) is 17.2 Å². The van der Waals surface area contributed by atoms with Gasteiger partial charge in [0.15, 0.2) is 0 Å². The number of nitrogens with zero attached hydrogens (tertiary/aromatic N) is 1. The largest absolute Gasteiger partial charge is 0.360 e. The van der Waals surface area contributed by atoms with E-state index in [1.165, 1.54) is 30.5 Å². The average Bonchev–Trinajstić information content (AvgIpc) is 3.09. The Labute approximate surface area is 152 Å². The van der Waals surface area contributed by atoms with Crippen molar-refractivity contribution in [3.8, 4) is 17.3 Å². The molecule has 0 spiro atoms. The van der Waals surface area contributed by atoms with Crippen LogP contribution >= 0.6 is 11.6 Å². The number of benzene rings is 2. The molecular formula is C17H10ClF2N3O2S. The minimum atomic E-state index is -4.11. The van der Waals surface area contributed by atoms with E-state index < -0.39 is 21.7 Å². The van der Waals surface area contributed by atoms with Crippen molar-refractivity contribution in [1.29, 1.82) is 5.26 Å². The molecule has 132 valence electrons. The zero-order chi connectivity index (χ0) is 18.9. The monoisotopic (exact) mass is 393 g/mol. The predicted octanol–water partition coefficient (Wildman–Crippen LogP) is 4.29. The Bertz CT molecular complexity index is 1140.